The monoisotopic (exact) mass is 197 g/mol. The molecule has 1 aliphatic carbocycles. The first-order chi connectivity index (χ1) is 6.70. The SMILES string of the molecule is N[C@@H]1CCCc2cccc(C(F)F)c21. The van der Waals surface area contributed by atoms with Gasteiger partial charge in [-0.15, -0.1) is 0 Å². The van der Waals surface area contributed by atoms with Gasteiger partial charge >= 0.3 is 0 Å². The molecule has 0 radical (unpaired) electrons. The van der Waals surface area contributed by atoms with Crippen molar-refractivity contribution in [3.63, 3.8) is 0 Å². The van der Waals surface area contributed by atoms with Gasteiger partial charge in [-0.1, -0.05) is 18.2 Å². The third-order valence-corrected chi connectivity index (χ3v) is 2.80. The Bertz CT molecular complexity index is 336. The summed E-state index contributed by atoms with van der Waals surface area (Å²) in [5, 5.41) is 0. The first kappa shape index (κ1) is 9.59. The van der Waals surface area contributed by atoms with E-state index in [0.29, 0.717) is 5.56 Å². The highest BCUT2D eigenvalue weighted by atomic mass is 19.3. The molecule has 76 valence electrons. The van der Waals surface area contributed by atoms with Gasteiger partial charge in [-0.2, -0.15) is 0 Å². The van der Waals surface area contributed by atoms with Gasteiger partial charge in [0.15, 0.2) is 0 Å². The van der Waals surface area contributed by atoms with E-state index in [0.717, 1.165) is 24.8 Å². The zero-order chi connectivity index (χ0) is 10.1. The van der Waals surface area contributed by atoms with Crippen LogP contribution in [0.2, 0.25) is 0 Å². The molecule has 0 bridgehead atoms. The molecule has 1 aliphatic rings. The van der Waals surface area contributed by atoms with Crippen molar-refractivity contribution < 1.29 is 8.78 Å². The van der Waals surface area contributed by atoms with Gasteiger partial charge in [0.25, 0.3) is 6.43 Å². The summed E-state index contributed by atoms with van der Waals surface area (Å²) >= 11 is 0. The lowest BCUT2D eigenvalue weighted by Gasteiger charge is -2.24. The van der Waals surface area contributed by atoms with E-state index in [4.69, 9.17) is 5.73 Å². The second-order valence-corrected chi connectivity index (χ2v) is 3.72. The molecule has 1 aromatic carbocycles. The maximum Gasteiger partial charge on any atom is 0.264 e. The number of nitrogens with two attached hydrogens (primary N) is 1. The minimum atomic E-state index is -2.41. The second kappa shape index (κ2) is 3.65. The quantitative estimate of drug-likeness (QED) is 0.735. The number of aryl methyl sites for hydroxylation is 1. The minimum Gasteiger partial charge on any atom is -0.324 e. The molecule has 1 nitrogen and oxygen atoms in total. The largest absolute Gasteiger partial charge is 0.324 e. The smallest absolute Gasteiger partial charge is 0.264 e. The van der Waals surface area contributed by atoms with Crippen molar-refractivity contribution >= 4 is 0 Å². The average molecular weight is 197 g/mol. The van der Waals surface area contributed by atoms with Crippen molar-refractivity contribution in [3.8, 4) is 0 Å². The molecule has 2 rings (SSSR count). The normalized spacial score (nSPS) is 21.0. The van der Waals surface area contributed by atoms with Crippen LogP contribution in [-0.4, -0.2) is 0 Å². The predicted molar refractivity (Wildman–Crippen MR) is 51.3 cm³/mol. The molecular formula is C11H13F2N. The van der Waals surface area contributed by atoms with Crippen molar-refractivity contribution in [2.24, 2.45) is 5.73 Å². The van der Waals surface area contributed by atoms with Crippen LogP contribution in [0.1, 0.15) is 42.0 Å². The van der Waals surface area contributed by atoms with Crippen LogP contribution in [0.4, 0.5) is 8.78 Å². The highest BCUT2D eigenvalue weighted by Crippen LogP contribution is 2.35. The number of hydrogen-bond donors (Lipinski definition) is 1. The zero-order valence-corrected chi connectivity index (χ0v) is 7.84. The number of benzene rings is 1. The van der Waals surface area contributed by atoms with Crippen molar-refractivity contribution in [1.29, 1.82) is 0 Å². The first-order valence-electron chi connectivity index (χ1n) is 4.85. The summed E-state index contributed by atoms with van der Waals surface area (Å²) in [6, 6.07) is 4.87. The van der Waals surface area contributed by atoms with E-state index >= 15 is 0 Å². The molecule has 0 fully saturated rings. The molecule has 2 N–H and O–H groups in total. The fourth-order valence-electron chi connectivity index (χ4n) is 2.15. The van der Waals surface area contributed by atoms with E-state index < -0.39 is 6.43 Å². The van der Waals surface area contributed by atoms with E-state index in [-0.39, 0.29) is 11.6 Å². The molecule has 14 heavy (non-hydrogen) atoms. The Morgan fingerprint density at radius 1 is 1.36 bits per heavy atom. The Hall–Kier alpha value is -0.960. The topological polar surface area (TPSA) is 26.0 Å². The van der Waals surface area contributed by atoms with Crippen molar-refractivity contribution in [2.45, 2.75) is 31.7 Å². The van der Waals surface area contributed by atoms with Gasteiger partial charge in [0.1, 0.15) is 0 Å². The van der Waals surface area contributed by atoms with Crippen LogP contribution in [0.5, 0.6) is 0 Å². The van der Waals surface area contributed by atoms with Crippen LogP contribution >= 0.6 is 0 Å². The molecule has 0 amide bonds. The maximum absolute atomic E-state index is 12.7. The molecular weight excluding hydrogens is 184 g/mol. The first-order valence-corrected chi connectivity index (χ1v) is 4.85. The lowest BCUT2D eigenvalue weighted by molar-refractivity contribution is 0.149. The van der Waals surface area contributed by atoms with E-state index in [2.05, 4.69) is 0 Å². The Morgan fingerprint density at radius 2 is 2.14 bits per heavy atom. The van der Waals surface area contributed by atoms with E-state index in [1.165, 1.54) is 6.07 Å². The molecule has 3 heteroatoms. The fourth-order valence-corrected chi connectivity index (χ4v) is 2.15. The van der Waals surface area contributed by atoms with Crippen LogP contribution in [0.15, 0.2) is 18.2 Å². The number of rotatable bonds is 1. The van der Waals surface area contributed by atoms with Gasteiger partial charge in [0.2, 0.25) is 0 Å². The van der Waals surface area contributed by atoms with Crippen molar-refractivity contribution in [3.05, 3.63) is 34.9 Å². The molecule has 1 atom stereocenters. The molecule has 0 aromatic heterocycles. The summed E-state index contributed by atoms with van der Waals surface area (Å²) in [4.78, 5) is 0. The molecule has 0 spiro atoms. The van der Waals surface area contributed by atoms with Crippen LogP contribution in [-0.2, 0) is 6.42 Å². The Morgan fingerprint density at radius 3 is 2.86 bits per heavy atom. The summed E-state index contributed by atoms with van der Waals surface area (Å²) in [6.45, 7) is 0. The van der Waals surface area contributed by atoms with Crippen LogP contribution in [0.3, 0.4) is 0 Å². The third-order valence-electron chi connectivity index (χ3n) is 2.80. The standard InChI is InChI=1S/C11H13F2N/c12-11(13)8-5-1-3-7-4-2-6-9(14)10(7)8/h1,3,5,9,11H,2,4,6,14H2/t9-/m1/s1. The highest BCUT2D eigenvalue weighted by molar-refractivity contribution is 5.39. The lowest BCUT2D eigenvalue weighted by atomic mass is 9.85. The fraction of sp³-hybridized carbons (Fsp3) is 0.455. The number of halogens is 2. The second-order valence-electron chi connectivity index (χ2n) is 3.72. The zero-order valence-electron chi connectivity index (χ0n) is 7.84. The number of alkyl halides is 2. The van der Waals surface area contributed by atoms with Crippen LogP contribution in [0.25, 0.3) is 0 Å². The third kappa shape index (κ3) is 1.52. The molecule has 0 unspecified atom stereocenters. The van der Waals surface area contributed by atoms with Gasteiger partial charge in [-0.05, 0) is 30.4 Å². The number of hydrogen-bond acceptors (Lipinski definition) is 1. The molecule has 0 saturated carbocycles. The summed E-state index contributed by atoms with van der Waals surface area (Å²) in [6.07, 6.45) is 0.287. The van der Waals surface area contributed by atoms with Gasteiger partial charge in [0.05, 0.1) is 0 Å². The van der Waals surface area contributed by atoms with E-state index in [1.54, 1.807) is 6.07 Å². The minimum absolute atomic E-state index is 0.120. The van der Waals surface area contributed by atoms with Gasteiger partial charge < -0.3 is 5.73 Å². The van der Waals surface area contributed by atoms with Gasteiger partial charge in [-0.25, -0.2) is 8.78 Å². The summed E-state index contributed by atoms with van der Waals surface area (Å²) in [5.74, 6) is 0. The van der Waals surface area contributed by atoms with E-state index in [9.17, 15) is 8.78 Å². The van der Waals surface area contributed by atoms with Crippen LogP contribution in [0, 0.1) is 0 Å². The highest BCUT2D eigenvalue weighted by Gasteiger charge is 2.23. The molecule has 0 heterocycles. The summed E-state index contributed by atoms with van der Waals surface area (Å²) < 4.78 is 25.3. The molecule has 0 saturated heterocycles. The maximum atomic E-state index is 12.7. The average Bonchev–Trinajstić information content (AvgIpc) is 2.17. The van der Waals surface area contributed by atoms with Gasteiger partial charge in [0, 0.05) is 11.6 Å². The summed E-state index contributed by atoms with van der Waals surface area (Å²) in [7, 11) is 0. The van der Waals surface area contributed by atoms with Crippen molar-refractivity contribution in [2.75, 3.05) is 0 Å². The Labute approximate surface area is 81.9 Å². The lowest BCUT2D eigenvalue weighted by Crippen LogP contribution is -2.19. The van der Waals surface area contributed by atoms with E-state index in [1.807, 2.05) is 6.07 Å². The molecule has 1 aromatic rings. The predicted octanol–water partition coefficient (Wildman–Crippen LogP) is 2.96. The van der Waals surface area contributed by atoms with Crippen molar-refractivity contribution in [1.82, 2.24) is 0 Å². The number of fused-ring (bicyclic) bond motifs is 1. The molecule has 0 aliphatic heterocycles. The van der Waals surface area contributed by atoms with Gasteiger partial charge in [-0.3, -0.25) is 0 Å². The van der Waals surface area contributed by atoms with Crippen LogP contribution < -0.4 is 5.73 Å². The Kier molecular flexibility index (Phi) is 2.50. The summed E-state index contributed by atoms with van der Waals surface area (Å²) in [5.41, 5.74) is 7.66. The Balaban J connectivity index is 2.52.